The summed E-state index contributed by atoms with van der Waals surface area (Å²) in [4.78, 5) is 6.84. The van der Waals surface area contributed by atoms with Crippen LogP contribution in [0.4, 0.5) is 5.82 Å². The van der Waals surface area contributed by atoms with E-state index in [0.717, 1.165) is 56.0 Å². The Hall–Kier alpha value is -5.59. The Kier molecular flexibility index (Phi) is 8.82. The average Bonchev–Trinajstić information content (AvgIpc) is 3.55. The van der Waals surface area contributed by atoms with Crippen LogP contribution in [0, 0.1) is 0 Å². The van der Waals surface area contributed by atoms with Gasteiger partial charge in [0.25, 0.3) is 0 Å². The van der Waals surface area contributed by atoms with E-state index < -0.39 is 5.54 Å². The molecule has 2 aromatic heterocycles. The third kappa shape index (κ3) is 5.76. The van der Waals surface area contributed by atoms with Gasteiger partial charge >= 0.3 is 0 Å². The average molecular weight is 651 g/mol. The van der Waals surface area contributed by atoms with Gasteiger partial charge in [-0.1, -0.05) is 127 Å². The molecule has 5 aromatic carbocycles. The Morgan fingerprint density at radius 3 is 1.46 bits per heavy atom. The molecule has 7 heteroatoms. The molecular weight excluding hydrogens is 616 g/mol. The van der Waals surface area contributed by atoms with Crippen molar-refractivity contribution in [1.29, 1.82) is 0 Å². The number of anilines is 1. The third-order valence-electron chi connectivity index (χ3n) is 8.79. The summed E-state index contributed by atoms with van der Waals surface area (Å²) in [6.45, 7) is 1.14. The maximum Gasteiger partial charge on any atom is 0.162 e. The molecule has 0 aliphatic rings. The van der Waals surface area contributed by atoms with Crippen LogP contribution in [-0.4, -0.2) is 29.0 Å². The minimum absolute atomic E-state index is 0.395. The Labute approximate surface area is 285 Å². The summed E-state index contributed by atoms with van der Waals surface area (Å²) in [7, 11) is 3.36. The molecule has 6 nitrogen and oxygen atoms in total. The highest BCUT2D eigenvalue weighted by Gasteiger charge is 2.41. The van der Waals surface area contributed by atoms with Gasteiger partial charge in [0.15, 0.2) is 5.82 Å². The van der Waals surface area contributed by atoms with Gasteiger partial charge in [0, 0.05) is 19.3 Å². The fraction of sp³-hybridized carbons (Fsp3) is 0.122. The maximum absolute atomic E-state index is 7.07. The first-order valence-corrected chi connectivity index (χ1v) is 16.2. The van der Waals surface area contributed by atoms with Crippen LogP contribution in [0.2, 0.25) is 5.15 Å². The lowest BCUT2D eigenvalue weighted by atomic mass is 9.77. The van der Waals surface area contributed by atoms with Crippen LogP contribution in [0.3, 0.4) is 0 Å². The van der Waals surface area contributed by atoms with Crippen molar-refractivity contribution in [2.45, 2.75) is 18.6 Å². The second-order valence-corrected chi connectivity index (χ2v) is 12.0. The van der Waals surface area contributed by atoms with Crippen molar-refractivity contribution in [2.75, 3.05) is 19.1 Å². The van der Waals surface area contributed by atoms with E-state index in [-0.39, 0.29) is 0 Å². The molecule has 0 spiro atoms. The highest BCUT2D eigenvalue weighted by molar-refractivity contribution is 6.35. The van der Waals surface area contributed by atoms with E-state index in [1.54, 1.807) is 20.4 Å². The van der Waals surface area contributed by atoms with E-state index >= 15 is 0 Å². The largest absolute Gasteiger partial charge is 0.497 e. The number of ether oxygens (including phenoxy) is 2. The Morgan fingerprint density at radius 2 is 1.04 bits per heavy atom. The van der Waals surface area contributed by atoms with E-state index in [4.69, 9.17) is 26.2 Å². The first kappa shape index (κ1) is 31.0. The molecular formula is C41H35ClN4O2. The van der Waals surface area contributed by atoms with Gasteiger partial charge in [-0.15, -0.1) is 0 Å². The zero-order chi connectivity index (χ0) is 32.9. The lowest BCUT2D eigenvalue weighted by molar-refractivity contribution is 0.414. The first-order valence-electron chi connectivity index (χ1n) is 15.8. The predicted octanol–water partition coefficient (Wildman–Crippen LogP) is 9.15. The van der Waals surface area contributed by atoms with Crippen molar-refractivity contribution in [3.63, 3.8) is 0 Å². The quantitative estimate of drug-likeness (QED) is 0.103. The molecule has 0 aliphatic carbocycles. The number of rotatable bonds is 11. The van der Waals surface area contributed by atoms with E-state index in [1.807, 2.05) is 48.5 Å². The monoisotopic (exact) mass is 650 g/mol. The van der Waals surface area contributed by atoms with Crippen LogP contribution in [0.1, 0.15) is 27.8 Å². The number of hydrogen-bond donors (Lipinski definition) is 0. The van der Waals surface area contributed by atoms with Crippen LogP contribution in [0.25, 0.3) is 10.9 Å². The summed E-state index contributed by atoms with van der Waals surface area (Å²) in [5.41, 5.74) is 5.46. The van der Waals surface area contributed by atoms with Crippen LogP contribution in [-0.2, 0) is 18.6 Å². The lowest BCUT2D eigenvalue weighted by Crippen LogP contribution is -2.38. The van der Waals surface area contributed by atoms with Gasteiger partial charge in [-0.05, 0) is 58.1 Å². The van der Waals surface area contributed by atoms with Crippen molar-refractivity contribution >= 4 is 28.3 Å². The number of hydrogen-bond acceptors (Lipinski definition) is 5. The van der Waals surface area contributed by atoms with Gasteiger partial charge in [-0.3, -0.25) is 0 Å². The van der Waals surface area contributed by atoms with Crippen molar-refractivity contribution in [3.8, 4) is 11.5 Å². The number of nitrogens with zero attached hydrogens (tertiary/aromatic N) is 4. The van der Waals surface area contributed by atoms with Gasteiger partial charge < -0.3 is 14.4 Å². The molecule has 0 atom stereocenters. The van der Waals surface area contributed by atoms with Gasteiger partial charge in [0.1, 0.15) is 22.2 Å². The first-order chi connectivity index (χ1) is 23.6. The minimum Gasteiger partial charge on any atom is -0.497 e. The molecule has 0 bridgehead atoms. The standard InChI is InChI=1S/C41H35ClN4O2/c1-47-35-22-18-30(19-23-35)28-45(29-31-20-24-36(48-2)25-21-31)40-38-37(26-27-43-39(38)42)46(44-40)41(32-12-6-3-7-13-32,33-14-8-4-9-15-33)34-16-10-5-11-17-34/h3-27H,28-29H2,1-2H3. The molecule has 0 saturated heterocycles. The van der Waals surface area contributed by atoms with Gasteiger partial charge in [-0.25, -0.2) is 9.67 Å². The van der Waals surface area contributed by atoms with E-state index in [1.165, 1.54) is 0 Å². The van der Waals surface area contributed by atoms with Crippen molar-refractivity contribution in [1.82, 2.24) is 14.8 Å². The van der Waals surface area contributed by atoms with Crippen molar-refractivity contribution in [3.05, 3.63) is 185 Å². The minimum atomic E-state index is -0.836. The molecule has 0 amide bonds. The fourth-order valence-electron chi connectivity index (χ4n) is 6.50. The van der Waals surface area contributed by atoms with Crippen LogP contribution < -0.4 is 14.4 Å². The fourth-order valence-corrected chi connectivity index (χ4v) is 6.74. The second kappa shape index (κ2) is 13.6. The van der Waals surface area contributed by atoms with Crippen LogP contribution in [0.15, 0.2) is 152 Å². The number of benzene rings is 5. The highest BCUT2D eigenvalue weighted by Crippen LogP contribution is 2.45. The Morgan fingerprint density at radius 1 is 0.604 bits per heavy atom. The molecule has 238 valence electrons. The zero-order valence-corrected chi connectivity index (χ0v) is 27.6. The SMILES string of the molecule is COc1ccc(CN(Cc2ccc(OC)cc2)c2nn(C(c3ccccc3)(c3ccccc3)c3ccccc3)c3ccnc(Cl)c23)cc1. The lowest BCUT2D eigenvalue weighted by Gasteiger charge is -2.37. The highest BCUT2D eigenvalue weighted by atomic mass is 35.5. The van der Waals surface area contributed by atoms with Gasteiger partial charge in [0.05, 0.1) is 25.1 Å². The molecule has 2 heterocycles. The molecule has 0 aliphatic heterocycles. The summed E-state index contributed by atoms with van der Waals surface area (Å²) in [5, 5.41) is 6.76. The van der Waals surface area contributed by atoms with E-state index in [9.17, 15) is 0 Å². The normalized spacial score (nSPS) is 11.4. The summed E-state index contributed by atoms with van der Waals surface area (Å²) in [6, 6.07) is 49.9. The second-order valence-electron chi connectivity index (χ2n) is 11.6. The summed E-state index contributed by atoms with van der Waals surface area (Å²) in [5.74, 6) is 2.35. The third-order valence-corrected chi connectivity index (χ3v) is 9.07. The molecule has 0 radical (unpaired) electrons. The molecule has 0 saturated carbocycles. The Bertz CT molecular complexity index is 1950. The number of halogens is 1. The Balaban J connectivity index is 1.51. The maximum atomic E-state index is 7.07. The van der Waals surface area contributed by atoms with Gasteiger partial charge in [0.2, 0.25) is 0 Å². The zero-order valence-electron chi connectivity index (χ0n) is 26.8. The number of aromatic nitrogens is 3. The predicted molar refractivity (Wildman–Crippen MR) is 193 cm³/mol. The van der Waals surface area contributed by atoms with E-state index in [0.29, 0.717) is 18.2 Å². The van der Waals surface area contributed by atoms with Crippen molar-refractivity contribution < 1.29 is 9.47 Å². The molecule has 7 aromatic rings. The molecule has 48 heavy (non-hydrogen) atoms. The molecule has 0 unspecified atom stereocenters. The van der Waals surface area contributed by atoms with Crippen LogP contribution >= 0.6 is 11.6 Å². The summed E-state index contributed by atoms with van der Waals surface area (Å²) in [6.07, 6.45) is 1.76. The molecule has 0 N–H and O–H groups in total. The summed E-state index contributed by atoms with van der Waals surface area (Å²) < 4.78 is 13.0. The smallest absolute Gasteiger partial charge is 0.162 e. The van der Waals surface area contributed by atoms with Gasteiger partial charge in [-0.2, -0.15) is 5.10 Å². The van der Waals surface area contributed by atoms with E-state index in [2.05, 4.69) is 112 Å². The number of fused-ring (bicyclic) bond motifs is 1. The van der Waals surface area contributed by atoms with Crippen LogP contribution in [0.5, 0.6) is 11.5 Å². The topological polar surface area (TPSA) is 52.4 Å². The molecule has 0 fully saturated rings. The molecule has 7 rings (SSSR count). The number of pyridine rings is 1. The van der Waals surface area contributed by atoms with Crippen molar-refractivity contribution in [2.24, 2.45) is 0 Å². The number of methoxy groups -OCH3 is 2. The summed E-state index contributed by atoms with van der Waals surface area (Å²) >= 11 is 7.07.